The Morgan fingerprint density at radius 2 is 1.65 bits per heavy atom. The average Bonchev–Trinajstić information content (AvgIpc) is 2.53. The summed E-state index contributed by atoms with van der Waals surface area (Å²) in [6.07, 6.45) is 0. The maximum absolute atomic E-state index is 9.30. The van der Waals surface area contributed by atoms with E-state index in [-0.39, 0.29) is 12.1 Å². The van der Waals surface area contributed by atoms with Gasteiger partial charge < -0.3 is 15.2 Å². The number of nitrogens with one attached hydrogen (secondary N) is 1. The molecule has 0 fully saturated rings. The van der Waals surface area contributed by atoms with E-state index in [0.717, 1.165) is 25.8 Å². The van der Waals surface area contributed by atoms with Crippen molar-refractivity contribution >= 4 is 31.9 Å². The molecule has 0 aliphatic rings. The first kappa shape index (κ1) is 18.5. The van der Waals surface area contributed by atoms with E-state index in [1.807, 2.05) is 56.3 Å². The van der Waals surface area contributed by atoms with E-state index < -0.39 is 0 Å². The highest BCUT2D eigenvalue weighted by molar-refractivity contribution is 9.11. The van der Waals surface area contributed by atoms with Gasteiger partial charge in [-0.2, -0.15) is 0 Å². The predicted molar refractivity (Wildman–Crippen MR) is 101 cm³/mol. The fourth-order valence-electron chi connectivity index (χ4n) is 1.98. The first-order valence-corrected chi connectivity index (χ1v) is 9.00. The quantitative estimate of drug-likeness (QED) is 0.655. The highest BCUT2D eigenvalue weighted by Crippen LogP contribution is 2.35. The summed E-state index contributed by atoms with van der Waals surface area (Å²) in [5, 5.41) is 12.6. The van der Waals surface area contributed by atoms with Crippen LogP contribution in [0.5, 0.6) is 5.75 Å². The number of aliphatic hydroxyl groups excluding tert-OH is 1. The van der Waals surface area contributed by atoms with Crippen LogP contribution in [0.25, 0.3) is 0 Å². The second-order valence-corrected chi connectivity index (χ2v) is 7.77. The van der Waals surface area contributed by atoms with E-state index in [0.29, 0.717) is 13.2 Å². The van der Waals surface area contributed by atoms with Gasteiger partial charge in [0, 0.05) is 12.1 Å². The fourth-order valence-corrected chi connectivity index (χ4v) is 3.49. The third-order valence-corrected chi connectivity index (χ3v) is 4.63. The summed E-state index contributed by atoms with van der Waals surface area (Å²) in [6.45, 7) is 5.22. The van der Waals surface area contributed by atoms with Crippen LogP contribution in [0.1, 0.15) is 25.0 Å². The molecule has 2 N–H and O–H groups in total. The molecule has 5 heteroatoms. The molecule has 0 spiro atoms. The molecule has 0 saturated heterocycles. The monoisotopic (exact) mass is 441 g/mol. The lowest BCUT2D eigenvalue weighted by Gasteiger charge is -2.24. The molecule has 0 radical (unpaired) electrons. The van der Waals surface area contributed by atoms with Gasteiger partial charge in [0.2, 0.25) is 0 Å². The van der Waals surface area contributed by atoms with E-state index in [2.05, 4.69) is 37.2 Å². The summed E-state index contributed by atoms with van der Waals surface area (Å²) in [5.74, 6) is 0.791. The smallest absolute Gasteiger partial charge is 0.148 e. The van der Waals surface area contributed by atoms with Crippen LogP contribution in [0, 0.1) is 0 Å². The zero-order valence-electron chi connectivity index (χ0n) is 13.3. The van der Waals surface area contributed by atoms with Crippen LogP contribution in [-0.4, -0.2) is 17.3 Å². The predicted octanol–water partition coefficient (Wildman–Crippen LogP) is 4.65. The van der Waals surface area contributed by atoms with E-state index >= 15 is 0 Å². The summed E-state index contributed by atoms with van der Waals surface area (Å²) < 4.78 is 7.73. The van der Waals surface area contributed by atoms with Crippen LogP contribution in [0.15, 0.2) is 51.4 Å². The Labute approximate surface area is 154 Å². The molecule has 0 atom stereocenters. The minimum Gasteiger partial charge on any atom is -0.487 e. The number of aliphatic hydroxyl groups is 1. The number of benzene rings is 2. The molecule has 0 heterocycles. The van der Waals surface area contributed by atoms with E-state index in [1.54, 1.807) is 0 Å². The third kappa shape index (κ3) is 5.60. The van der Waals surface area contributed by atoms with Gasteiger partial charge >= 0.3 is 0 Å². The molecule has 0 unspecified atom stereocenters. The van der Waals surface area contributed by atoms with Crippen LogP contribution in [0.3, 0.4) is 0 Å². The van der Waals surface area contributed by atoms with Gasteiger partial charge in [-0.3, -0.25) is 0 Å². The minimum atomic E-state index is -0.304. The molecule has 0 amide bonds. The molecule has 0 saturated carbocycles. The molecule has 124 valence electrons. The van der Waals surface area contributed by atoms with Crippen molar-refractivity contribution in [3.8, 4) is 5.75 Å². The molecule has 3 nitrogen and oxygen atoms in total. The van der Waals surface area contributed by atoms with Gasteiger partial charge in [-0.1, -0.05) is 30.3 Å². The molecule has 0 aromatic heterocycles. The molecule has 2 rings (SSSR count). The Morgan fingerprint density at radius 3 is 2.22 bits per heavy atom. The zero-order valence-corrected chi connectivity index (χ0v) is 16.4. The Hall–Kier alpha value is -0.880. The Morgan fingerprint density at radius 1 is 1.04 bits per heavy atom. The fraction of sp³-hybridized carbons (Fsp3) is 0.333. The summed E-state index contributed by atoms with van der Waals surface area (Å²) in [4.78, 5) is 0. The van der Waals surface area contributed by atoms with Crippen molar-refractivity contribution in [2.45, 2.75) is 32.5 Å². The number of hydrogen-bond acceptors (Lipinski definition) is 3. The van der Waals surface area contributed by atoms with Crippen molar-refractivity contribution in [2.24, 2.45) is 0 Å². The maximum Gasteiger partial charge on any atom is 0.148 e. The maximum atomic E-state index is 9.30. The van der Waals surface area contributed by atoms with E-state index in [1.165, 1.54) is 0 Å². The van der Waals surface area contributed by atoms with Gasteiger partial charge in [-0.05, 0) is 69.0 Å². The standard InChI is InChI=1S/C18H21Br2NO2/c1-18(2,12-22)21-10-14-8-15(19)17(16(20)9-14)23-11-13-6-4-3-5-7-13/h3-9,21-22H,10-12H2,1-2H3. The van der Waals surface area contributed by atoms with Crippen LogP contribution in [0.2, 0.25) is 0 Å². The number of hydrogen-bond donors (Lipinski definition) is 2. The largest absolute Gasteiger partial charge is 0.487 e. The van der Waals surface area contributed by atoms with Crippen molar-refractivity contribution in [3.63, 3.8) is 0 Å². The zero-order chi connectivity index (χ0) is 16.9. The van der Waals surface area contributed by atoms with Gasteiger partial charge in [0.25, 0.3) is 0 Å². The second-order valence-electron chi connectivity index (χ2n) is 6.06. The van der Waals surface area contributed by atoms with Crippen LogP contribution >= 0.6 is 31.9 Å². The summed E-state index contributed by atoms with van der Waals surface area (Å²) >= 11 is 7.15. The highest BCUT2D eigenvalue weighted by atomic mass is 79.9. The Kier molecular flexibility index (Phi) is 6.65. The van der Waals surface area contributed by atoms with Gasteiger partial charge in [0.15, 0.2) is 0 Å². The SMILES string of the molecule is CC(C)(CO)NCc1cc(Br)c(OCc2ccccc2)c(Br)c1. The van der Waals surface area contributed by atoms with E-state index in [4.69, 9.17) is 4.74 Å². The van der Waals surface area contributed by atoms with Crippen molar-refractivity contribution in [1.29, 1.82) is 0 Å². The van der Waals surface area contributed by atoms with Gasteiger partial charge in [0.1, 0.15) is 12.4 Å². The molecular formula is C18H21Br2NO2. The normalized spacial score (nSPS) is 11.5. The average molecular weight is 443 g/mol. The molecule has 0 aliphatic carbocycles. The topological polar surface area (TPSA) is 41.5 Å². The lowest BCUT2D eigenvalue weighted by molar-refractivity contribution is 0.187. The first-order chi connectivity index (χ1) is 10.9. The molecular weight excluding hydrogens is 422 g/mol. The second kappa shape index (κ2) is 8.29. The van der Waals surface area contributed by atoms with Crippen molar-refractivity contribution in [3.05, 3.63) is 62.5 Å². The van der Waals surface area contributed by atoms with Crippen molar-refractivity contribution < 1.29 is 9.84 Å². The summed E-state index contributed by atoms with van der Waals surface area (Å²) in [5.41, 5.74) is 1.93. The molecule has 23 heavy (non-hydrogen) atoms. The van der Waals surface area contributed by atoms with Crippen LogP contribution in [-0.2, 0) is 13.2 Å². The molecule has 2 aromatic rings. The lowest BCUT2D eigenvalue weighted by Crippen LogP contribution is -2.42. The van der Waals surface area contributed by atoms with Gasteiger partial charge in [-0.15, -0.1) is 0 Å². The lowest BCUT2D eigenvalue weighted by atomic mass is 10.1. The first-order valence-electron chi connectivity index (χ1n) is 7.42. The number of rotatable bonds is 7. The third-order valence-electron chi connectivity index (χ3n) is 3.45. The van der Waals surface area contributed by atoms with E-state index in [9.17, 15) is 5.11 Å². The summed E-state index contributed by atoms with van der Waals surface area (Å²) in [7, 11) is 0. The minimum absolute atomic E-state index is 0.0909. The number of halogens is 2. The Bertz CT molecular complexity index is 622. The highest BCUT2D eigenvalue weighted by Gasteiger charge is 2.16. The number of ether oxygens (including phenoxy) is 1. The van der Waals surface area contributed by atoms with Gasteiger partial charge in [0.05, 0.1) is 15.6 Å². The van der Waals surface area contributed by atoms with Crippen molar-refractivity contribution in [2.75, 3.05) is 6.61 Å². The molecule has 2 aromatic carbocycles. The summed E-state index contributed by atoms with van der Waals surface area (Å²) in [6, 6.07) is 14.1. The van der Waals surface area contributed by atoms with Crippen LogP contribution in [0.4, 0.5) is 0 Å². The van der Waals surface area contributed by atoms with Crippen molar-refractivity contribution in [1.82, 2.24) is 5.32 Å². The van der Waals surface area contributed by atoms with Gasteiger partial charge in [-0.25, -0.2) is 0 Å². The van der Waals surface area contributed by atoms with Crippen LogP contribution < -0.4 is 10.1 Å². The molecule has 0 bridgehead atoms. The Balaban J connectivity index is 2.05. The molecule has 0 aliphatic heterocycles.